The SMILES string of the molecule is CCCCCCCCCCCCCCCCCCCCCC(=O)O[C@H](COC(=O)CCCCCCCCCCCCCCCCC(C)CC)COP(=O)(O)OC[C@@H](O)COP(=O)(O)OC[C@@H](COC(=O)CCCCCCC)OC(=O)CCCCCCCCCCCCCCCC. The third-order valence-electron chi connectivity index (χ3n) is 18.4. The number of aliphatic hydroxyl groups is 1. The van der Waals surface area contributed by atoms with Gasteiger partial charge in [-0.1, -0.05) is 356 Å². The van der Waals surface area contributed by atoms with Crippen molar-refractivity contribution < 1.29 is 80.2 Å². The Morgan fingerprint density at radius 1 is 0.292 bits per heavy atom. The first-order valence-corrected chi connectivity index (χ1v) is 43.2. The number of hydrogen-bond donors (Lipinski definition) is 3. The van der Waals surface area contributed by atoms with E-state index in [0.717, 1.165) is 102 Å². The molecule has 0 aliphatic heterocycles. The van der Waals surface area contributed by atoms with Crippen LogP contribution in [0.25, 0.3) is 0 Å². The predicted molar refractivity (Wildman–Crippen MR) is 391 cm³/mol. The first-order valence-electron chi connectivity index (χ1n) is 40.2. The first-order chi connectivity index (χ1) is 46.6. The number of carbonyl (C=O) groups is 4. The van der Waals surface area contributed by atoms with E-state index in [1.54, 1.807) is 0 Å². The Kier molecular flexibility index (Phi) is 68.7. The number of esters is 4. The largest absolute Gasteiger partial charge is 0.472 e. The van der Waals surface area contributed by atoms with Gasteiger partial charge in [-0.05, 0) is 31.6 Å². The molecule has 96 heavy (non-hydrogen) atoms. The van der Waals surface area contributed by atoms with Gasteiger partial charge in [0.2, 0.25) is 0 Å². The van der Waals surface area contributed by atoms with Crippen LogP contribution in [0.5, 0.6) is 0 Å². The van der Waals surface area contributed by atoms with Crippen LogP contribution in [0, 0.1) is 5.92 Å². The lowest BCUT2D eigenvalue weighted by Crippen LogP contribution is -2.30. The van der Waals surface area contributed by atoms with Gasteiger partial charge in [-0.25, -0.2) is 9.13 Å². The average molecular weight is 1410 g/mol. The van der Waals surface area contributed by atoms with Crippen LogP contribution < -0.4 is 0 Å². The van der Waals surface area contributed by atoms with E-state index < -0.39 is 97.5 Å². The number of ether oxygens (including phenoxy) is 4. The summed E-state index contributed by atoms with van der Waals surface area (Å²) >= 11 is 0. The van der Waals surface area contributed by atoms with E-state index >= 15 is 0 Å². The summed E-state index contributed by atoms with van der Waals surface area (Å²) in [5.74, 6) is -1.27. The highest BCUT2D eigenvalue weighted by molar-refractivity contribution is 7.47. The average Bonchev–Trinajstić information content (AvgIpc) is 2.62. The number of phosphoric ester groups is 2. The number of carbonyl (C=O) groups excluding carboxylic acids is 4. The topological polar surface area (TPSA) is 237 Å². The zero-order chi connectivity index (χ0) is 70.5. The lowest BCUT2D eigenvalue weighted by Gasteiger charge is -2.21. The Bertz CT molecular complexity index is 1840. The van der Waals surface area contributed by atoms with E-state index in [2.05, 4.69) is 34.6 Å². The van der Waals surface area contributed by atoms with Crippen LogP contribution in [0.3, 0.4) is 0 Å². The van der Waals surface area contributed by atoms with E-state index in [0.29, 0.717) is 25.7 Å². The van der Waals surface area contributed by atoms with Crippen LogP contribution in [-0.4, -0.2) is 96.7 Å². The quantitative estimate of drug-likeness (QED) is 0.0222. The molecule has 0 rings (SSSR count). The summed E-state index contributed by atoms with van der Waals surface area (Å²) in [5.41, 5.74) is 0. The van der Waals surface area contributed by atoms with Gasteiger partial charge in [-0.15, -0.1) is 0 Å². The maximum atomic E-state index is 13.1. The Morgan fingerprint density at radius 3 is 0.740 bits per heavy atom. The summed E-state index contributed by atoms with van der Waals surface area (Å²) < 4.78 is 68.3. The number of phosphoric acid groups is 2. The molecule has 570 valence electrons. The Hall–Kier alpha value is -1.94. The van der Waals surface area contributed by atoms with Gasteiger partial charge in [0.1, 0.15) is 19.3 Å². The molecule has 0 aromatic heterocycles. The van der Waals surface area contributed by atoms with Crippen molar-refractivity contribution >= 4 is 39.5 Å². The van der Waals surface area contributed by atoms with Crippen molar-refractivity contribution in [2.75, 3.05) is 39.6 Å². The fourth-order valence-corrected chi connectivity index (χ4v) is 13.4. The molecule has 3 unspecified atom stereocenters. The van der Waals surface area contributed by atoms with Crippen LogP contribution in [0.1, 0.15) is 407 Å². The van der Waals surface area contributed by atoms with E-state index in [9.17, 15) is 43.2 Å². The van der Waals surface area contributed by atoms with Crippen molar-refractivity contribution in [3.8, 4) is 0 Å². The van der Waals surface area contributed by atoms with Gasteiger partial charge in [-0.3, -0.25) is 37.3 Å². The van der Waals surface area contributed by atoms with Crippen LogP contribution in [-0.2, 0) is 65.4 Å². The van der Waals surface area contributed by atoms with Gasteiger partial charge in [0.25, 0.3) is 0 Å². The molecule has 19 heteroatoms. The summed E-state index contributed by atoms with van der Waals surface area (Å²) in [6.07, 6.45) is 60.0. The summed E-state index contributed by atoms with van der Waals surface area (Å²) in [6, 6.07) is 0. The number of rotatable bonds is 77. The van der Waals surface area contributed by atoms with Crippen molar-refractivity contribution in [2.24, 2.45) is 5.92 Å². The lowest BCUT2D eigenvalue weighted by atomic mass is 9.99. The molecule has 0 radical (unpaired) electrons. The van der Waals surface area contributed by atoms with E-state index in [4.69, 9.17) is 37.0 Å². The molecule has 0 aliphatic rings. The van der Waals surface area contributed by atoms with Gasteiger partial charge in [0.05, 0.1) is 26.4 Å². The Morgan fingerprint density at radius 2 is 0.500 bits per heavy atom. The van der Waals surface area contributed by atoms with Gasteiger partial charge < -0.3 is 33.8 Å². The highest BCUT2D eigenvalue weighted by Crippen LogP contribution is 2.45. The normalized spacial score (nSPS) is 14.2. The Balaban J connectivity index is 5.14. The molecular weight excluding hydrogens is 1260 g/mol. The standard InChI is InChI=1S/C77H150O17P2/c1-6-10-13-16-18-20-22-24-26-27-28-29-30-36-40-44-48-53-58-63-77(82)94-73(67-88-75(80)61-56-51-46-42-38-35-32-31-33-37-41-45-50-54-59-70(5)9-4)69-92-96(85,86)90-65-71(78)64-89-95(83,84)91-68-72(66-87-74(79)60-55-49-15-12-8-3)93-76(81)62-57-52-47-43-39-34-25-23-21-19-17-14-11-7-2/h70-73,78H,6-69H2,1-5H3,(H,83,84)(H,85,86)/t70?,71-,72+,73+/m0/s1. The highest BCUT2D eigenvalue weighted by atomic mass is 31.2. The lowest BCUT2D eigenvalue weighted by molar-refractivity contribution is -0.161. The highest BCUT2D eigenvalue weighted by Gasteiger charge is 2.30. The molecule has 0 fully saturated rings. The fourth-order valence-electron chi connectivity index (χ4n) is 11.8. The van der Waals surface area contributed by atoms with Crippen LogP contribution >= 0.6 is 15.6 Å². The van der Waals surface area contributed by atoms with Gasteiger partial charge in [0, 0.05) is 25.7 Å². The van der Waals surface area contributed by atoms with Gasteiger partial charge in [0.15, 0.2) is 12.2 Å². The molecule has 6 atom stereocenters. The molecule has 0 saturated heterocycles. The number of aliphatic hydroxyl groups excluding tert-OH is 1. The first kappa shape index (κ1) is 94.1. The molecule has 0 aromatic carbocycles. The van der Waals surface area contributed by atoms with Crippen LogP contribution in [0.2, 0.25) is 0 Å². The second-order valence-electron chi connectivity index (χ2n) is 28.0. The molecule has 0 saturated carbocycles. The summed E-state index contributed by atoms with van der Waals surface area (Å²) in [4.78, 5) is 72.6. The zero-order valence-electron chi connectivity index (χ0n) is 62.5. The van der Waals surface area contributed by atoms with Crippen molar-refractivity contribution in [2.45, 2.75) is 425 Å². The summed E-state index contributed by atoms with van der Waals surface area (Å²) in [7, 11) is -9.90. The maximum absolute atomic E-state index is 13.1. The fraction of sp³-hybridized carbons (Fsp3) is 0.948. The second-order valence-corrected chi connectivity index (χ2v) is 30.9. The van der Waals surface area contributed by atoms with E-state index in [1.165, 1.54) is 225 Å². The minimum absolute atomic E-state index is 0.107. The van der Waals surface area contributed by atoms with E-state index in [-0.39, 0.29) is 25.7 Å². The van der Waals surface area contributed by atoms with Crippen molar-refractivity contribution in [3.63, 3.8) is 0 Å². The molecule has 17 nitrogen and oxygen atoms in total. The third kappa shape index (κ3) is 69.2. The Labute approximate surface area is 588 Å². The molecular formula is C77H150O17P2. The molecule has 0 bridgehead atoms. The predicted octanol–water partition coefficient (Wildman–Crippen LogP) is 22.9. The number of unbranched alkanes of at least 4 members (excludes halogenated alkanes) is 48. The molecule has 0 spiro atoms. The molecule has 0 aliphatic carbocycles. The maximum Gasteiger partial charge on any atom is 0.472 e. The minimum atomic E-state index is -4.96. The zero-order valence-corrected chi connectivity index (χ0v) is 64.3. The van der Waals surface area contributed by atoms with Gasteiger partial charge in [-0.2, -0.15) is 0 Å². The molecule has 0 amide bonds. The molecule has 3 N–H and O–H groups in total. The van der Waals surface area contributed by atoms with Gasteiger partial charge >= 0.3 is 39.5 Å². The number of hydrogen-bond acceptors (Lipinski definition) is 15. The van der Waals surface area contributed by atoms with Crippen molar-refractivity contribution in [3.05, 3.63) is 0 Å². The van der Waals surface area contributed by atoms with Crippen LogP contribution in [0.4, 0.5) is 0 Å². The van der Waals surface area contributed by atoms with Crippen molar-refractivity contribution in [1.82, 2.24) is 0 Å². The summed E-state index contributed by atoms with van der Waals surface area (Å²) in [5, 5.41) is 10.6. The van der Waals surface area contributed by atoms with Crippen molar-refractivity contribution in [1.29, 1.82) is 0 Å². The second kappa shape index (κ2) is 70.1. The van der Waals surface area contributed by atoms with E-state index in [1.807, 2.05) is 0 Å². The smallest absolute Gasteiger partial charge is 0.462 e. The van der Waals surface area contributed by atoms with Crippen LogP contribution in [0.15, 0.2) is 0 Å². The minimum Gasteiger partial charge on any atom is -0.462 e. The molecule has 0 heterocycles. The monoisotopic (exact) mass is 1410 g/mol. The molecule has 0 aromatic rings. The summed E-state index contributed by atoms with van der Waals surface area (Å²) in [6.45, 7) is 7.27. The third-order valence-corrected chi connectivity index (χ3v) is 20.3.